The summed E-state index contributed by atoms with van der Waals surface area (Å²) >= 11 is 0. The van der Waals surface area contributed by atoms with Crippen LogP contribution in [0.3, 0.4) is 0 Å². The molecular formula is C17H25NO2. The summed E-state index contributed by atoms with van der Waals surface area (Å²) in [5.74, 6) is 0.540. The fourth-order valence-corrected chi connectivity index (χ4v) is 2.67. The van der Waals surface area contributed by atoms with E-state index in [-0.39, 0.29) is 6.09 Å². The smallest absolute Gasteiger partial charge is 0.410 e. The summed E-state index contributed by atoms with van der Waals surface area (Å²) in [7, 11) is 0. The quantitative estimate of drug-likeness (QED) is 0.820. The van der Waals surface area contributed by atoms with Gasteiger partial charge in [0, 0.05) is 13.1 Å². The van der Waals surface area contributed by atoms with Crippen LogP contribution in [0.1, 0.15) is 39.2 Å². The zero-order valence-corrected chi connectivity index (χ0v) is 12.8. The molecule has 3 heteroatoms. The van der Waals surface area contributed by atoms with E-state index < -0.39 is 5.60 Å². The van der Waals surface area contributed by atoms with Crippen LogP contribution in [0.25, 0.3) is 0 Å². The molecule has 1 fully saturated rings. The molecule has 0 bridgehead atoms. The van der Waals surface area contributed by atoms with E-state index in [9.17, 15) is 4.79 Å². The van der Waals surface area contributed by atoms with Gasteiger partial charge in [-0.25, -0.2) is 4.79 Å². The Morgan fingerprint density at radius 1 is 1.30 bits per heavy atom. The molecule has 1 amide bonds. The molecule has 1 aromatic rings. The molecule has 0 saturated carbocycles. The maximum atomic E-state index is 12.1. The van der Waals surface area contributed by atoms with Gasteiger partial charge in [0.1, 0.15) is 5.60 Å². The summed E-state index contributed by atoms with van der Waals surface area (Å²) in [6.07, 6.45) is 3.13. The fourth-order valence-electron chi connectivity index (χ4n) is 2.67. The van der Waals surface area contributed by atoms with E-state index in [1.54, 1.807) is 0 Å². The molecule has 20 heavy (non-hydrogen) atoms. The van der Waals surface area contributed by atoms with Crippen molar-refractivity contribution in [3.63, 3.8) is 0 Å². The van der Waals surface area contributed by atoms with Crippen molar-refractivity contribution >= 4 is 6.09 Å². The number of rotatable bonds is 2. The molecule has 1 aliphatic heterocycles. The van der Waals surface area contributed by atoms with E-state index in [2.05, 4.69) is 24.3 Å². The molecule has 1 saturated heterocycles. The highest BCUT2D eigenvalue weighted by molar-refractivity contribution is 5.68. The lowest BCUT2D eigenvalue weighted by atomic mass is 9.91. The molecule has 1 unspecified atom stereocenters. The average molecular weight is 275 g/mol. The van der Waals surface area contributed by atoms with Crippen molar-refractivity contribution in [2.75, 3.05) is 13.1 Å². The van der Waals surface area contributed by atoms with E-state index >= 15 is 0 Å². The summed E-state index contributed by atoms with van der Waals surface area (Å²) in [4.78, 5) is 14.0. The number of benzene rings is 1. The monoisotopic (exact) mass is 275 g/mol. The van der Waals surface area contributed by atoms with Gasteiger partial charge in [-0.3, -0.25) is 0 Å². The first kappa shape index (κ1) is 14.9. The van der Waals surface area contributed by atoms with E-state index in [0.29, 0.717) is 5.92 Å². The summed E-state index contributed by atoms with van der Waals surface area (Å²) in [6.45, 7) is 7.37. The Hall–Kier alpha value is -1.51. The summed E-state index contributed by atoms with van der Waals surface area (Å²) < 4.78 is 5.46. The Morgan fingerprint density at radius 3 is 2.65 bits per heavy atom. The number of hydrogen-bond acceptors (Lipinski definition) is 2. The van der Waals surface area contributed by atoms with Gasteiger partial charge in [-0.2, -0.15) is 0 Å². The van der Waals surface area contributed by atoms with Crippen molar-refractivity contribution in [1.29, 1.82) is 0 Å². The van der Waals surface area contributed by atoms with Crippen molar-refractivity contribution in [2.24, 2.45) is 5.92 Å². The van der Waals surface area contributed by atoms with E-state index in [1.807, 2.05) is 31.7 Å². The van der Waals surface area contributed by atoms with E-state index in [0.717, 1.165) is 25.9 Å². The average Bonchev–Trinajstić information content (AvgIpc) is 2.38. The molecule has 110 valence electrons. The van der Waals surface area contributed by atoms with Crippen LogP contribution in [0, 0.1) is 5.92 Å². The zero-order valence-electron chi connectivity index (χ0n) is 12.8. The van der Waals surface area contributed by atoms with Crippen LogP contribution in [-0.2, 0) is 11.2 Å². The molecule has 0 N–H and O–H groups in total. The highest BCUT2D eigenvalue weighted by atomic mass is 16.6. The highest BCUT2D eigenvalue weighted by Gasteiger charge is 2.27. The minimum Gasteiger partial charge on any atom is -0.444 e. The normalized spacial score (nSPS) is 19.8. The molecule has 1 aromatic carbocycles. The van der Waals surface area contributed by atoms with E-state index in [4.69, 9.17) is 4.74 Å². The third kappa shape index (κ3) is 4.55. The van der Waals surface area contributed by atoms with Crippen molar-refractivity contribution in [2.45, 2.75) is 45.6 Å². The summed E-state index contributed by atoms with van der Waals surface area (Å²) in [6, 6.07) is 10.5. The Morgan fingerprint density at radius 2 is 2.00 bits per heavy atom. The zero-order chi connectivity index (χ0) is 14.6. The third-order valence-corrected chi connectivity index (χ3v) is 3.54. The maximum Gasteiger partial charge on any atom is 0.410 e. The van der Waals surface area contributed by atoms with Crippen molar-refractivity contribution < 1.29 is 9.53 Å². The maximum absolute atomic E-state index is 12.1. The number of nitrogens with zero attached hydrogens (tertiary/aromatic N) is 1. The van der Waals surface area contributed by atoms with Crippen molar-refractivity contribution in [1.82, 2.24) is 4.90 Å². The van der Waals surface area contributed by atoms with E-state index in [1.165, 1.54) is 12.0 Å². The SMILES string of the molecule is CC(C)(C)OC(=O)N1CCCC(Cc2ccccc2)C1. The minimum absolute atomic E-state index is 0.171. The van der Waals surface area contributed by atoms with Crippen LogP contribution in [0.2, 0.25) is 0 Å². The number of amides is 1. The van der Waals surface area contributed by atoms with Crippen LogP contribution in [-0.4, -0.2) is 29.7 Å². The lowest BCUT2D eigenvalue weighted by molar-refractivity contribution is 0.0166. The predicted molar refractivity (Wildman–Crippen MR) is 80.7 cm³/mol. The topological polar surface area (TPSA) is 29.5 Å². The second-order valence-electron chi connectivity index (χ2n) is 6.62. The molecule has 0 radical (unpaired) electrons. The number of hydrogen-bond donors (Lipinski definition) is 0. The number of piperidine rings is 1. The largest absolute Gasteiger partial charge is 0.444 e. The van der Waals surface area contributed by atoms with Crippen LogP contribution < -0.4 is 0 Å². The Bertz CT molecular complexity index is 436. The van der Waals surface area contributed by atoms with Gasteiger partial charge in [0.05, 0.1) is 0 Å². The molecular weight excluding hydrogens is 250 g/mol. The van der Waals surface area contributed by atoms with Gasteiger partial charge >= 0.3 is 6.09 Å². The van der Waals surface area contributed by atoms with Gasteiger partial charge in [0.2, 0.25) is 0 Å². The van der Waals surface area contributed by atoms with Crippen LogP contribution >= 0.6 is 0 Å². The van der Waals surface area contributed by atoms with Gasteiger partial charge in [-0.15, -0.1) is 0 Å². The predicted octanol–water partition coefficient (Wildman–Crippen LogP) is 3.88. The molecule has 1 heterocycles. The van der Waals surface area contributed by atoms with Crippen LogP contribution in [0.4, 0.5) is 4.79 Å². The van der Waals surface area contributed by atoms with Crippen molar-refractivity contribution in [3.05, 3.63) is 35.9 Å². The standard InChI is InChI=1S/C17H25NO2/c1-17(2,3)20-16(19)18-11-7-10-15(13-18)12-14-8-5-4-6-9-14/h4-6,8-9,15H,7,10-13H2,1-3H3. The molecule has 0 aromatic heterocycles. The van der Waals surface area contributed by atoms with Gasteiger partial charge in [0.15, 0.2) is 0 Å². The Kier molecular flexibility index (Phi) is 4.69. The molecule has 3 nitrogen and oxygen atoms in total. The molecule has 1 aliphatic rings. The first-order valence-corrected chi connectivity index (χ1v) is 7.46. The second kappa shape index (κ2) is 6.29. The first-order chi connectivity index (χ1) is 9.44. The summed E-state index contributed by atoms with van der Waals surface area (Å²) in [5, 5.41) is 0. The second-order valence-corrected chi connectivity index (χ2v) is 6.62. The summed E-state index contributed by atoms with van der Waals surface area (Å²) in [5.41, 5.74) is 0.937. The van der Waals surface area contributed by atoms with Gasteiger partial charge in [0.25, 0.3) is 0 Å². The number of carbonyl (C=O) groups excluding carboxylic acids is 1. The van der Waals surface area contributed by atoms with Crippen molar-refractivity contribution in [3.8, 4) is 0 Å². The first-order valence-electron chi connectivity index (χ1n) is 7.46. The number of likely N-dealkylation sites (tertiary alicyclic amines) is 1. The number of ether oxygens (including phenoxy) is 1. The Labute approximate surface area is 121 Å². The Balaban J connectivity index is 1.90. The van der Waals surface area contributed by atoms with Crippen LogP contribution in [0.5, 0.6) is 0 Å². The fraction of sp³-hybridized carbons (Fsp3) is 0.588. The van der Waals surface area contributed by atoms with Gasteiger partial charge < -0.3 is 9.64 Å². The lowest BCUT2D eigenvalue weighted by Gasteiger charge is -2.34. The minimum atomic E-state index is -0.413. The van der Waals surface area contributed by atoms with Crippen LogP contribution in [0.15, 0.2) is 30.3 Å². The third-order valence-electron chi connectivity index (χ3n) is 3.54. The lowest BCUT2D eigenvalue weighted by Crippen LogP contribution is -2.43. The van der Waals surface area contributed by atoms with Gasteiger partial charge in [-0.1, -0.05) is 30.3 Å². The molecule has 0 aliphatic carbocycles. The molecule has 1 atom stereocenters. The van der Waals surface area contributed by atoms with Gasteiger partial charge in [-0.05, 0) is 51.5 Å². The molecule has 2 rings (SSSR count). The molecule has 0 spiro atoms. The number of carbonyl (C=O) groups is 1. The highest BCUT2D eigenvalue weighted by Crippen LogP contribution is 2.22.